The van der Waals surface area contributed by atoms with Crippen LogP contribution in [0.25, 0.3) is 0 Å². The van der Waals surface area contributed by atoms with Gasteiger partial charge in [0, 0.05) is 11.4 Å². The minimum atomic E-state index is -2.27. The molecule has 1 unspecified atom stereocenters. The maximum atomic E-state index is 12.5. The van der Waals surface area contributed by atoms with Crippen molar-refractivity contribution in [3.8, 4) is 0 Å². The number of aliphatic hydroxyl groups is 2. The van der Waals surface area contributed by atoms with Gasteiger partial charge >= 0.3 is 17.9 Å². The highest BCUT2D eigenvalue weighted by molar-refractivity contribution is 8.00. The highest BCUT2D eigenvalue weighted by Crippen LogP contribution is 2.26. The standard InChI is InChI=1S/C19H23NO2S.C4H6O6/c1-20(2)13-14-22-19(21)18(15-16-9-5-3-6-10-16)23-17-11-7-4-8-12-17;5-1(3(7)8)2(6)4(9)10/h3-12,18H,13-15H2,1-2H3;1-2,5-6H,(H,7,8)(H,9,10)/t;1-,2-/m.1/s1. The predicted molar refractivity (Wildman–Crippen MR) is 123 cm³/mol. The Hall–Kier alpha value is -2.92. The van der Waals surface area contributed by atoms with Crippen LogP contribution in [0.15, 0.2) is 65.6 Å². The number of aliphatic carboxylic acids is 2. The fraction of sp³-hybridized carbons (Fsp3) is 0.348. The average molecular weight is 480 g/mol. The van der Waals surface area contributed by atoms with Crippen LogP contribution in [0, 0.1) is 0 Å². The Balaban J connectivity index is 0.000000461. The third kappa shape index (κ3) is 11.5. The van der Waals surface area contributed by atoms with Crippen molar-refractivity contribution >= 4 is 29.7 Å². The molecule has 180 valence electrons. The molecule has 0 bridgehead atoms. The largest absolute Gasteiger partial charge is 0.479 e. The van der Waals surface area contributed by atoms with Crippen LogP contribution in [0.1, 0.15) is 5.56 Å². The summed E-state index contributed by atoms with van der Waals surface area (Å²) in [4.78, 5) is 35.1. The lowest BCUT2D eigenvalue weighted by atomic mass is 10.1. The number of carboxylic acid groups (broad SMARTS) is 2. The molecule has 0 saturated carbocycles. The fourth-order valence-electron chi connectivity index (χ4n) is 2.36. The van der Waals surface area contributed by atoms with Crippen LogP contribution in [-0.2, 0) is 25.5 Å². The van der Waals surface area contributed by atoms with Crippen LogP contribution >= 0.6 is 11.8 Å². The van der Waals surface area contributed by atoms with Gasteiger partial charge in [0.2, 0.25) is 0 Å². The van der Waals surface area contributed by atoms with E-state index in [4.69, 9.17) is 25.2 Å². The molecule has 9 nitrogen and oxygen atoms in total. The first-order valence-electron chi connectivity index (χ1n) is 10.0. The van der Waals surface area contributed by atoms with E-state index in [1.807, 2.05) is 79.7 Å². The Morgan fingerprint density at radius 2 is 1.36 bits per heavy atom. The van der Waals surface area contributed by atoms with E-state index in [0.717, 1.165) is 17.0 Å². The normalized spacial score (nSPS) is 13.2. The number of aliphatic hydroxyl groups excluding tert-OH is 2. The van der Waals surface area contributed by atoms with Crippen molar-refractivity contribution in [1.82, 2.24) is 4.90 Å². The van der Waals surface area contributed by atoms with Gasteiger partial charge in [0.25, 0.3) is 0 Å². The quantitative estimate of drug-likeness (QED) is 0.275. The van der Waals surface area contributed by atoms with Gasteiger partial charge in [0.15, 0.2) is 12.2 Å². The zero-order chi connectivity index (χ0) is 24.8. The monoisotopic (exact) mass is 479 g/mol. The van der Waals surface area contributed by atoms with Gasteiger partial charge in [-0.3, -0.25) is 4.79 Å². The summed E-state index contributed by atoms with van der Waals surface area (Å²) in [5, 5.41) is 32.3. The molecule has 0 fully saturated rings. The summed E-state index contributed by atoms with van der Waals surface area (Å²) in [6.07, 6.45) is -3.86. The van der Waals surface area contributed by atoms with Gasteiger partial charge in [-0.25, -0.2) is 9.59 Å². The molecule has 2 aromatic carbocycles. The van der Waals surface area contributed by atoms with E-state index in [0.29, 0.717) is 13.0 Å². The molecule has 2 rings (SSSR count). The number of likely N-dealkylation sites (N-methyl/N-ethyl adjacent to an activating group) is 1. The summed E-state index contributed by atoms with van der Waals surface area (Å²) < 4.78 is 5.46. The van der Waals surface area contributed by atoms with E-state index in [9.17, 15) is 14.4 Å². The Morgan fingerprint density at radius 1 is 0.879 bits per heavy atom. The molecule has 10 heteroatoms. The number of thioether (sulfide) groups is 1. The highest BCUT2D eigenvalue weighted by Gasteiger charge is 2.29. The third-order valence-corrected chi connectivity index (χ3v) is 5.32. The zero-order valence-electron chi connectivity index (χ0n) is 18.4. The van der Waals surface area contributed by atoms with Crippen molar-refractivity contribution < 1.29 is 39.5 Å². The average Bonchev–Trinajstić information content (AvgIpc) is 2.79. The van der Waals surface area contributed by atoms with Crippen molar-refractivity contribution in [2.75, 3.05) is 27.2 Å². The first-order valence-corrected chi connectivity index (χ1v) is 10.9. The summed E-state index contributed by atoms with van der Waals surface area (Å²) in [7, 11) is 3.93. The molecule has 3 atom stereocenters. The minimum absolute atomic E-state index is 0.149. The molecule has 0 aliphatic rings. The van der Waals surface area contributed by atoms with Crippen molar-refractivity contribution in [3.63, 3.8) is 0 Å². The number of benzene rings is 2. The van der Waals surface area contributed by atoms with Gasteiger partial charge < -0.3 is 30.1 Å². The maximum absolute atomic E-state index is 12.5. The zero-order valence-corrected chi connectivity index (χ0v) is 19.2. The lowest BCUT2D eigenvalue weighted by molar-refractivity contribution is -0.165. The number of carbonyl (C=O) groups is 3. The van der Waals surface area contributed by atoms with E-state index in [1.54, 1.807) is 11.8 Å². The van der Waals surface area contributed by atoms with Crippen molar-refractivity contribution in [1.29, 1.82) is 0 Å². The Bertz CT molecular complexity index is 804. The molecule has 0 aromatic heterocycles. The molecule has 0 aliphatic carbocycles. The minimum Gasteiger partial charge on any atom is -0.479 e. The number of nitrogens with zero attached hydrogens (tertiary/aromatic N) is 1. The summed E-state index contributed by atoms with van der Waals surface area (Å²) in [5.41, 5.74) is 1.14. The second-order valence-electron chi connectivity index (χ2n) is 7.15. The molecule has 33 heavy (non-hydrogen) atoms. The number of hydrogen-bond acceptors (Lipinski definition) is 8. The molecule has 0 spiro atoms. The summed E-state index contributed by atoms with van der Waals surface area (Å²) in [5.74, 6) is -3.69. The molecule has 0 amide bonds. The van der Waals surface area contributed by atoms with Gasteiger partial charge in [0.1, 0.15) is 11.9 Å². The van der Waals surface area contributed by atoms with Crippen molar-refractivity contribution in [3.05, 3.63) is 66.2 Å². The molecule has 0 aliphatic heterocycles. The molecule has 4 N–H and O–H groups in total. The summed E-state index contributed by atoms with van der Waals surface area (Å²) >= 11 is 1.56. The molecule has 2 aromatic rings. The van der Waals surface area contributed by atoms with E-state index in [-0.39, 0.29) is 11.2 Å². The topological polar surface area (TPSA) is 145 Å². The van der Waals surface area contributed by atoms with Crippen LogP contribution in [0.3, 0.4) is 0 Å². The smallest absolute Gasteiger partial charge is 0.335 e. The van der Waals surface area contributed by atoms with Crippen LogP contribution < -0.4 is 0 Å². The molecular formula is C23H29NO8S. The molecular weight excluding hydrogens is 450 g/mol. The van der Waals surface area contributed by atoms with E-state index in [1.165, 1.54) is 0 Å². The van der Waals surface area contributed by atoms with E-state index < -0.39 is 24.1 Å². The van der Waals surface area contributed by atoms with Crippen molar-refractivity contribution in [2.45, 2.75) is 28.8 Å². The predicted octanol–water partition coefficient (Wildman–Crippen LogP) is 1.37. The van der Waals surface area contributed by atoms with Gasteiger partial charge in [-0.15, -0.1) is 11.8 Å². The van der Waals surface area contributed by atoms with Gasteiger partial charge in [-0.2, -0.15) is 0 Å². The van der Waals surface area contributed by atoms with Gasteiger partial charge in [-0.05, 0) is 38.2 Å². The van der Waals surface area contributed by atoms with Crippen molar-refractivity contribution in [2.24, 2.45) is 0 Å². The van der Waals surface area contributed by atoms with Crippen LogP contribution in [0.2, 0.25) is 0 Å². The summed E-state index contributed by atoms with van der Waals surface area (Å²) in [6, 6.07) is 20.1. The first kappa shape index (κ1) is 28.1. The highest BCUT2D eigenvalue weighted by atomic mass is 32.2. The number of hydrogen-bond donors (Lipinski definition) is 4. The first-order chi connectivity index (χ1) is 15.6. The second kappa shape index (κ2) is 15.0. The van der Waals surface area contributed by atoms with Gasteiger partial charge in [-0.1, -0.05) is 48.5 Å². The lowest BCUT2D eigenvalue weighted by Gasteiger charge is -2.17. The number of esters is 1. The van der Waals surface area contributed by atoms with Crippen LogP contribution in [0.5, 0.6) is 0 Å². The molecule has 0 radical (unpaired) electrons. The molecule has 0 saturated heterocycles. The third-order valence-electron chi connectivity index (χ3n) is 4.14. The van der Waals surface area contributed by atoms with Crippen LogP contribution in [0.4, 0.5) is 0 Å². The summed E-state index contributed by atoms with van der Waals surface area (Å²) in [6.45, 7) is 1.16. The van der Waals surface area contributed by atoms with Gasteiger partial charge in [0.05, 0.1) is 0 Å². The number of ether oxygens (including phenoxy) is 1. The lowest BCUT2D eigenvalue weighted by Crippen LogP contribution is -2.39. The van der Waals surface area contributed by atoms with E-state index >= 15 is 0 Å². The SMILES string of the molecule is CN(C)CCOC(=O)C(Cc1ccccc1)Sc1ccccc1.O=C(O)[C@H](O)[C@@H](O)C(=O)O. The Kier molecular flexibility index (Phi) is 12.8. The number of carbonyl (C=O) groups excluding carboxylic acids is 1. The Morgan fingerprint density at radius 3 is 1.82 bits per heavy atom. The van der Waals surface area contributed by atoms with Crippen LogP contribution in [-0.4, -0.2) is 87.9 Å². The Labute approximate surface area is 196 Å². The number of carboxylic acids is 2. The molecule has 0 heterocycles. The second-order valence-corrected chi connectivity index (χ2v) is 8.42. The number of rotatable bonds is 11. The van der Waals surface area contributed by atoms with E-state index in [2.05, 4.69) is 0 Å². The maximum Gasteiger partial charge on any atom is 0.335 e. The fourth-order valence-corrected chi connectivity index (χ4v) is 3.44.